The van der Waals surface area contributed by atoms with Gasteiger partial charge in [-0.2, -0.15) is 0 Å². The Morgan fingerprint density at radius 1 is 1.39 bits per heavy atom. The number of hydrogen-bond donors (Lipinski definition) is 2. The summed E-state index contributed by atoms with van der Waals surface area (Å²) in [4.78, 5) is 25.6. The number of nitrogens with one attached hydrogen (secondary N) is 2. The number of anilines is 1. The van der Waals surface area contributed by atoms with E-state index in [1.54, 1.807) is 12.1 Å². The van der Waals surface area contributed by atoms with Crippen molar-refractivity contribution in [3.63, 3.8) is 0 Å². The van der Waals surface area contributed by atoms with Gasteiger partial charge in [0.1, 0.15) is 0 Å². The monoisotopic (exact) mass is 337 g/mol. The molecule has 2 rings (SSSR count). The number of carbonyl (C=O) groups excluding carboxylic acids is 2. The SMILES string of the molecule is CCC(=O)NC[C@@H]1CCCN(C(=O)Nc2cc(Cl)ccc2C)C1. The minimum Gasteiger partial charge on any atom is -0.356 e. The Balaban J connectivity index is 1.91. The third-order valence-electron chi connectivity index (χ3n) is 4.16. The first-order chi connectivity index (χ1) is 11.0. The summed E-state index contributed by atoms with van der Waals surface area (Å²) in [6, 6.07) is 5.34. The van der Waals surface area contributed by atoms with E-state index in [-0.39, 0.29) is 11.9 Å². The number of amides is 3. The molecule has 1 aromatic carbocycles. The number of urea groups is 1. The lowest BCUT2D eigenvalue weighted by molar-refractivity contribution is -0.121. The van der Waals surface area contributed by atoms with Crippen molar-refractivity contribution in [2.75, 3.05) is 25.0 Å². The minimum absolute atomic E-state index is 0.0566. The number of likely N-dealkylation sites (tertiary alicyclic amines) is 1. The fourth-order valence-corrected chi connectivity index (χ4v) is 2.89. The molecule has 5 nitrogen and oxygen atoms in total. The van der Waals surface area contributed by atoms with Gasteiger partial charge in [0.15, 0.2) is 0 Å². The van der Waals surface area contributed by atoms with E-state index in [4.69, 9.17) is 11.6 Å². The Morgan fingerprint density at radius 3 is 2.91 bits per heavy atom. The van der Waals surface area contributed by atoms with Crippen LogP contribution in [0.5, 0.6) is 0 Å². The number of halogens is 1. The van der Waals surface area contributed by atoms with Crippen LogP contribution in [0, 0.1) is 12.8 Å². The maximum atomic E-state index is 12.5. The zero-order chi connectivity index (χ0) is 16.8. The van der Waals surface area contributed by atoms with Crippen LogP contribution in [-0.2, 0) is 4.79 Å². The van der Waals surface area contributed by atoms with Gasteiger partial charge in [-0.25, -0.2) is 4.79 Å². The van der Waals surface area contributed by atoms with Gasteiger partial charge in [-0.15, -0.1) is 0 Å². The van der Waals surface area contributed by atoms with Crippen LogP contribution in [0.25, 0.3) is 0 Å². The molecule has 0 bridgehead atoms. The van der Waals surface area contributed by atoms with Crippen molar-refractivity contribution in [3.8, 4) is 0 Å². The van der Waals surface area contributed by atoms with Crippen molar-refractivity contribution in [1.82, 2.24) is 10.2 Å². The zero-order valence-corrected chi connectivity index (χ0v) is 14.4. The summed E-state index contributed by atoms with van der Waals surface area (Å²) < 4.78 is 0. The maximum absolute atomic E-state index is 12.5. The van der Waals surface area contributed by atoms with Crippen LogP contribution in [0.2, 0.25) is 5.02 Å². The lowest BCUT2D eigenvalue weighted by Gasteiger charge is -2.33. The van der Waals surface area contributed by atoms with Gasteiger partial charge in [0.2, 0.25) is 5.91 Å². The number of piperidine rings is 1. The Morgan fingerprint density at radius 2 is 2.17 bits per heavy atom. The van der Waals surface area contributed by atoms with E-state index in [0.717, 1.165) is 30.6 Å². The summed E-state index contributed by atoms with van der Waals surface area (Å²) in [6.07, 6.45) is 2.48. The highest BCUT2D eigenvalue weighted by Gasteiger charge is 2.24. The molecule has 1 aliphatic heterocycles. The van der Waals surface area contributed by atoms with Gasteiger partial charge >= 0.3 is 6.03 Å². The van der Waals surface area contributed by atoms with Crippen LogP contribution >= 0.6 is 11.6 Å². The smallest absolute Gasteiger partial charge is 0.321 e. The molecule has 1 heterocycles. The highest BCUT2D eigenvalue weighted by atomic mass is 35.5. The average Bonchev–Trinajstić information content (AvgIpc) is 2.56. The number of aryl methyl sites for hydroxylation is 1. The fourth-order valence-electron chi connectivity index (χ4n) is 2.72. The number of hydrogen-bond acceptors (Lipinski definition) is 2. The predicted octanol–water partition coefficient (Wildman–Crippen LogP) is 3.42. The van der Waals surface area contributed by atoms with Gasteiger partial charge in [-0.1, -0.05) is 24.6 Å². The molecule has 0 radical (unpaired) electrons. The highest BCUT2D eigenvalue weighted by molar-refractivity contribution is 6.31. The lowest BCUT2D eigenvalue weighted by atomic mass is 9.98. The molecule has 1 aromatic rings. The highest BCUT2D eigenvalue weighted by Crippen LogP contribution is 2.22. The lowest BCUT2D eigenvalue weighted by Crippen LogP contribution is -2.45. The largest absolute Gasteiger partial charge is 0.356 e. The van der Waals surface area contributed by atoms with E-state index in [9.17, 15) is 9.59 Å². The van der Waals surface area contributed by atoms with Crippen molar-refractivity contribution in [2.24, 2.45) is 5.92 Å². The summed E-state index contributed by atoms with van der Waals surface area (Å²) in [6.45, 7) is 5.81. The molecular formula is C17H24ClN3O2. The average molecular weight is 338 g/mol. The van der Waals surface area contributed by atoms with Gasteiger partial charge < -0.3 is 15.5 Å². The van der Waals surface area contributed by atoms with E-state index in [1.807, 2.05) is 24.8 Å². The van der Waals surface area contributed by atoms with E-state index in [2.05, 4.69) is 10.6 Å². The Kier molecular flexibility index (Phi) is 6.28. The van der Waals surface area contributed by atoms with Crippen LogP contribution in [0.3, 0.4) is 0 Å². The second kappa shape index (κ2) is 8.20. The quantitative estimate of drug-likeness (QED) is 0.884. The zero-order valence-electron chi connectivity index (χ0n) is 13.7. The second-order valence-electron chi connectivity index (χ2n) is 6.00. The normalized spacial score (nSPS) is 17.7. The topological polar surface area (TPSA) is 61.4 Å². The van der Waals surface area contributed by atoms with E-state index >= 15 is 0 Å². The van der Waals surface area contributed by atoms with Crippen LogP contribution in [0.4, 0.5) is 10.5 Å². The van der Waals surface area contributed by atoms with Crippen LogP contribution in [0.15, 0.2) is 18.2 Å². The molecule has 0 spiro atoms. The van der Waals surface area contributed by atoms with Crippen molar-refractivity contribution in [2.45, 2.75) is 33.1 Å². The van der Waals surface area contributed by atoms with Crippen LogP contribution in [-0.4, -0.2) is 36.5 Å². The maximum Gasteiger partial charge on any atom is 0.321 e. The van der Waals surface area contributed by atoms with E-state index < -0.39 is 0 Å². The summed E-state index contributed by atoms with van der Waals surface area (Å²) in [7, 11) is 0. The van der Waals surface area contributed by atoms with Gasteiger partial charge in [0.25, 0.3) is 0 Å². The molecule has 126 valence electrons. The second-order valence-corrected chi connectivity index (χ2v) is 6.44. The molecule has 1 saturated heterocycles. The summed E-state index contributed by atoms with van der Waals surface area (Å²) in [5, 5.41) is 6.45. The molecule has 0 unspecified atom stereocenters. The Hall–Kier alpha value is -1.75. The van der Waals surface area contributed by atoms with Crippen LogP contribution < -0.4 is 10.6 Å². The third-order valence-corrected chi connectivity index (χ3v) is 4.39. The standard InChI is InChI=1S/C17H24ClN3O2/c1-3-16(22)19-10-13-5-4-8-21(11-13)17(23)20-15-9-14(18)7-6-12(15)2/h6-7,9,13H,3-5,8,10-11H2,1-2H3,(H,19,22)(H,20,23)/t13-/m0/s1. The van der Waals surface area contributed by atoms with E-state index in [0.29, 0.717) is 30.5 Å². The van der Waals surface area contributed by atoms with Gasteiger partial charge in [-0.05, 0) is 43.4 Å². The molecule has 0 aromatic heterocycles. The molecule has 0 saturated carbocycles. The van der Waals surface area contributed by atoms with Crippen molar-refractivity contribution < 1.29 is 9.59 Å². The molecule has 1 atom stereocenters. The van der Waals surface area contributed by atoms with Gasteiger partial charge in [0.05, 0.1) is 0 Å². The van der Waals surface area contributed by atoms with E-state index in [1.165, 1.54) is 0 Å². The molecular weight excluding hydrogens is 314 g/mol. The molecule has 23 heavy (non-hydrogen) atoms. The minimum atomic E-state index is -0.109. The van der Waals surface area contributed by atoms with Gasteiger partial charge in [-0.3, -0.25) is 4.79 Å². The summed E-state index contributed by atoms with van der Waals surface area (Å²) in [5.41, 5.74) is 1.72. The first-order valence-electron chi connectivity index (χ1n) is 8.08. The fraction of sp³-hybridized carbons (Fsp3) is 0.529. The third kappa shape index (κ3) is 5.13. The first kappa shape index (κ1) is 17.6. The number of benzene rings is 1. The Labute approximate surface area is 142 Å². The molecule has 2 N–H and O–H groups in total. The van der Waals surface area contributed by atoms with Crippen molar-refractivity contribution >= 4 is 29.2 Å². The van der Waals surface area contributed by atoms with Crippen molar-refractivity contribution in [3.05, 3.63) is 28.8 Å². The predicted molar refractivity (Wildman–Crippen MR) is 92.8 cm³/mol. The Bertz CT molecular complexity index is 577. The number of carbonyl (C=O) groups is 2. The van der Waals surface area contributed by atoms with Crippen LogP contribution in [0.1, 0.15) is 31.7 Å². The summed E-state index contributed by atoms with van der Waals surface area (Å²) >= 11 is 5.99. The van der Waals surface area contributed by atoms with Gasteiger partial charge in [0, 0.05) is 36.8 Å². The molecule has 1 fully saturated rings. The number of nitrogens with zero attached hydrogens (tertiary/aromatic N) is 1. The molecule has 0 aliphatic carbocycles. The molecule has 3 amide bonds. The summed E-state index contributed by atoms with van der Waals surface area (Å²) in [5.74, 6) is 0.367. The first-order valence-corrected chi connectivity index (χ1v) is 8.46. The number of rotatable bonds is 4. The van der Waals surface area contributed by atoms with Crippen molar-refractivity contribution in [1.29, 1.82) is 0 Å². The molecule has 1 aliphatic rings. The molecule has 6 heteroatoms.